The number of hydrogen-bond donors (Lipinski definition) is 0. The lowest BCUT2D eigenvalue weighted by Crippen LogP contribution is -2.17. The average molecular weight is 439 g/mol. The molecule has 0 N–H and O–H groups in total. The van der Waals surface area contributed by atoms with Gasteiger partial charge in [0.2, 0.25) is 0 Å². The molecule has 170 valence electrons. The molecule has 6 nitrogen and oxygen atoms in total. The van der Waals surface area contributed by atoms with Crippen LogP contribution in [0.3, 0.4) is 0 Å². The van der Waals surface area contributed by atoms with Crippen LogP contribution < -0.4 is 4.74 Å². The van der Waals surface area contributed by atoms with E-state index in [9.17, 15) is 18.0 Å². The maximum atomic E-state index is 12.3. The zero-order valence-electron chi connectivity index (χ0n) is 18.7. The zero-order chi connectivity index (χ0) is 23.8. The Balaban J connectivity index is 0.00000113. The fourth-order valence-electron chi connectivity index (χ4n) is 2.71. The largest absolute Gasteiger partial charge is 0.573 e. The van der Waals surface area contributed by atoms with Gasteiger partial charge in [-0.25, -0.2) is 14.8 Å². The highest BCUT2D eigenvalue weighted by molar-refractivity contribution is 5.92. The Bertz CT molecular complexity index is 981. The van der Waals surface area contributed by atoms with Crippen LogP contribution >= 0.6 is 0 Å². The van der Waals surface area contributed by atoms with Crippen molar-refractivity contribution in [2.75, 3.05) is 7.11 Å². The van der Waals surface area contributed by atoms with Crippen molar-refractivity contribution >= 4 is 17.1 Å². The molecule has 2 aromatic heterocycles. The van der Waals surface area contributed by atoms with Crippen molar-refractivity contribution in [3.05, 3.63) is 42.1 Å². The Labute approximate surface area is 180 Å². The molecule has 2 heterocycles. The molecule has 3 aromatic rings. The van der Waals surface area contributed by atoms with Gasteiger partial charge in [0.15, 0.2) is 5.65 Å². The summed E-state index contributed by atoms with van der Waals surface area (Å²) in [5.74, 6) is -0.323. The lowest BCUT2D eigenvalue weighted by molar-refractivity contribution is -0.274. The Morgan fingerprint density at radius 3 is 2.13 bits per heavy atom. The van der Waals surface area contributed by atoms with E-state index in [-0.39, 0.29) is 17.4 Å². The first kappa shape index (κ1) is 25.9. The molecule has 0 fully saturated rings. The van der Waals surface area contributed by atoms with Crippen molar-refractivity contribution in [3.8, 4) is 17.1 Å². The lowest BCUT2D eigenvalue weighted by Gasteiger charge is -2.13. The molecule has 0 bridgehead atoms. The first-order chi connectivity index (χ1) is 14.7. The van der Waals surface area contributed by atoms with Crippen LogP contribution in [-0.4, -0.2) is 34.0 Å². The van der Waals surface area contributed by atoms with E-state index in [2.05, 4.69) is 19.4 Å². The molecule has 0 radical (unpaired) electrons. The Morgan fingerprint density at radius 1 is 1.06 bits per heavy atom. The van der Waals surface area contributed by atoms with Gasteiger partial charge < -0.3 is 14.0 Å². The lowest BCUT2D eigenvalue weighted by atomic mass is 10.2. The number of benzene rings is 1. The number of imidazole rings is 1. The Kier molecular flexibility index (Phi) is 9.48. The van der Waals surface area contributed by atoms with Gasteiger partial charge in [-0.15, -0.1) is 13.2 Å². The van der Waals surface area contributed by atoms with Crippen LogP contribution in [0.4, 0.5) is 13.2 Å². The molecule has 0 atom stereocenters. The van der Waals surface area contributed by atoms with Crippen LogP contribution in [0.25, 0.3) is 22.6 Å². The summed E-state index contributed by atoms with van der Waals surface area (Å²) in [7, 11) is 1.27. The van der Waals surface area contributed by atoms with Crippen molar-refractivity contribution in [1.82, 2.24) is 14.5 Å². The van der Waals surface area contributed by atoms with E-state index in [0.29, 0.717) is 22.6 Å². The fourth-order valence-corrected chi connectivity index (χ4v) is 2.71. The van der Waals surface area contributed by atoms with Crippen LogP contribution in [0.1, 0.15) is 57.9 Å². The number of pyridine rings is 1. The number of fused-ring (bicyclic) bond motifs is 1. The number of methoxy groups -OCH3 is 1. The molecule has 3 rings (SSSR count). The normalized spacial score (nSPS) is 10.7. The van der Waals surface area contributed by atoms with E-state index in [4.69, 9.17) is 0 Å². The highest BCUT2D eigenvalue weighted by Crippen LogP contribution is 2.30. The van der Waals surface area contributed by atoms with E-state index in [1.807, 2.05) is 46.1 Å². The van der Waals surface area contributed by atoms with Crippen molar-refractivity contribution in [3.63, 3.8) is 0 Å². The van der Waals surface area contributed by atoms with E-state index in [1.165, 1.54) is 37.6 Å². The van der Waals surface area contributed by atoms with E-state index in [1.54, 1.807) is 6.07 Å². The highest BCUT2D eigenvalue weighted by Gasteiger charge is 2.31. The van der Waals surface area contributed by atoms with Crippen LogP contribution in [0.15, 0.2) is 36.5 Å². The molecule has 9 heteroatoms. The first-order valence-electron chi connectivity index (χ1n) is 10.0. The topological polar surface area (TPSA) is 66.2 Å². The number of nitrogens with zero attached hydrogens (tertiary/aromatic N) is 3. The Morgan fingerprint density at radius 2 is 1.65 bits per heavy atom. The number of carbonyl (C=O) groups excluding carboxylic acids is 1. The quantitative estimate of drug-likeness (QED) is 0.439. The summed E-state index contributed by atoms with van der Waals surface area (Å²) in [5, 5.41) is 0. The van der Waals surface area contributed by atoms with Crippen molar-refractivity contribution in [2.45, 2.75) is 53.9 Å². The number of aromatic nitrogens is 3. The van der Waals surface area contributed by atoms with Gasteiger partial charge in [-0.3, -0.25) is 0 Å². The van der Waals surface area contributed by atoms with Crippen LogP contribution in [0.5, 0.6) is 5.75 Å². The zero-order valence-corrected chi connectivity index (χ0v) is 18.7. The third kappa shape index (κ3) is 6.44. The summed E-state index contributed by atoms with van der Waals surface area (Å²) >= 11 is 0. The van der Waals surface area contributed by atoms with Crippen molar-refractivity contribution < 1.29 is 27.4 Å². The second kappa shape index (κ2) is 11.3. The van der Waals surface area contributed by atoms with Crippen molar-refractivity contribution in [1.29, 1.82) is 0 Å². The van der Waals surface area contributed by atoms with Gasteiger partial charge in [-0.05, 0) is 44.2 Å². The number of halogens is 3. The maximum absolute atomic E-state index is 12.3. The second-order valence-electron chi connectivity index (χ2n) is 6.03. The third-order valence-corrected chi connectivity index (χ3v) is 3.81. The molecule has 0 aliphatic heterocycles. The monoisotopic (exact) mass is 439 g/mol. The smallest absolute Gasteiger partial charge is 0.465 e. The molecular weight excluding hydrogens is 411 g/mol. The van der Waals surface area contributed by atoms with Crippen molar-refractivity contribution in [2.24, 2.45) is 0 Å². The summed E-state index contributed by atoms with van der Waals surface area (Å²) in [4.78, 5) is 20.5. The van der Waals surface area contributed by atoms with Crippen LogP contribution in [0.2, 0.25) is 0 Å². The van der Waals surface area contributed by atoms with Gasteiger partial charge >= 0.3 is 12.3 Å². The number of alkyl halides is 3. The molecule has 0 saturated carbocycles. The molecule has 0 aliphatic carbocycles. The first-order valence-corrected chi connectivity index (χ1v) is 10.0. The molecule has 1 aromatic carbocycles. The van der Waals surface area contributed by atoms with Gasteiger partial charge in [0.25, 0.3) is 0 Å². The standard InChI is InChI=1S/C18H16F3N3O3.2C2H6/c1-10(2)24-15(11-4-6-13(7-5-11)27-18(19,20)21)23-14-8-12(17(25)26-3)9-22-16(14)24;2*1-2/h4-10H,1-3H3;2*1-2H3. The van der Waals surface area contributed by atoms with E-state index >= 15 is 0 Å². The summed E-state index contributed by atoms with van der Waals surface area (Å²) < 4.78 is 47.4. The van der Waals surface area contributed by atoms with E-state index in [0.717, 1.165) is 0 Å². The van der Waals surface area contributed by atoms with Gasteiger partial charge in [0.1, 0.15) is 17.1 Å². The molecule has 0 amide bonds. The SMILES string of the molecule is CC.CC.COC(=O)c1cnc2c(c1)nc(-c1ccc(OC(F)(F)F)cc1)n2C(C)C. The minimum absolute atomic E-state index is 0.0208. The molecule has 0 aliphatic rings. The molecule has 0 spiro atoms. The summed E-state index contributed by atoms with van der Waals surface area (Å²) in [6.45, 7) is 11.9. The summed E-state index contributed by atoms with van der Waals surface area (Å²) in [6.07, 6.45) is -3.35. The third-order valence-electron chi connectivity index (χ3n) is 3.81. The highest BCUT2D eigenvalue weighted by atomic mass is 19.4. The fraction of sp³-hybridized carbons (Fsp3) is 0.409. The number of carbonyl (C=O) groups is 1. The predicted molar refractivity (Wildman–Crippen MR) is 114 cm³/mol. The molecular formula is C22H28F3N3O3. The minimum atomic E-state index is -4.75. The van der Waals surface area contributed by atoms with Gasteiger partial charge in [-0.1, -0.05) is 27.7 Å². The molecule has 0 saturated heterocycles. The number of rotatable bonds is 4. The number of esters is 1. The molecule has 31 heavy (non-hydrogen) atoms. The minimum Gasteiger partial charge on any atom is -0.465 e. The second-order valence-corrected chi connectivity index (χ2v) is 6.03. The van der Waals surface area contributed by atoms with Gasteiger partial charge in [-0.2, -0.15) is 0 Å². The van der Waals surface area contributed by atoms with E-state index < -0.39 is 12.3 Å². The average Bonchev–Trinajstić information content (AvgIpc) is 3.14. The van der Waals surface area contributed by atoms with Crippen LogP contribution in [0, 0.1) is 0 Å². The molecule has 0 unspecified atom stereocenters. The Hall–Kier alpha value is -3.10. The summed E-state index contributed by atoms with van der Waals surface area (Å²) in [6, 6.07) is 6.97. The van der Waals surface area contributed by atoms with Gasteiger partial charge in [0, 0.05) is 17.8 Å². The van der Waals surface area contributed by atoms with Crippen LogP contribution in [-0.2, 0) is 4.74 Å². The van der Waals surface area contributed by atoms with Gasteiger partial charge in [0.05, 0.1) is 12.7 Å². The number of hydrogen-bond acceptors (Lipinski definition) is 5. The number of ether oxygens (including phenoxy) is 2. The maximum Gasteiger partial charge on any atom is 0.573 e. The summed E-state index contributed by atoms with van der Waals surface area (Å²) in [5.41, 5.74) is 1.90. The predicted octanol–water partition coefficient (Wildman–Crippen LogP) is 6.42.